The van der Waals surface area contributed by atoms with Gasteiger partial charge in [-0.05, 0) is 18.2 Å². The van der Waals surface area contributed by atoms with E-state index >= 15 is 0 Å². The molecule has 0 bridgehead atoms. The fourth-order valence-electron chi connectivity index (χ4n) is 2.20. The van der Waals surface area contributed by atoms with Crippen molar-refractivity contribution in [1.29, 1.82) is 0 Å². The van der Waals surface area contributed by atoms with Crippen molar-refractivity contribution in [2.45, 2.75) is 6.43 Å². The van der Waals surface area contributed by atoms with Gasteiger partial charge in [0.05, 0.1) is 29.0 Å². The third kappa shape index (κ3) is 2.81. The number of rotatable bonds is 3. The van der Waals surface area contributed by atoms with Gasteiger partial charge in [0.25, 0.3) is 6.43 Å². The van der Waals surface area contributed by atoms with E-state index < -0.39 is 18.1 Å². The minimum atomic E-state index is -2.82. The summed E-state index contributed by atoms with van der Waals surface area (Å²) in [5.74, 6) is -0.719. The Balaban J connectivity index is 2.28. The molecule has 3 aromatic rings. The predicted molar refractivity (Wildman–Crippen MR) is 84.7 cm³/mol. The molecule has 3 rings (SSSR count). The number of methoxy groups -OCH3 is 1. The van der Waals surface area contributed by atoms with Crippen molar-refractivity contribution < 1.29 is 18.3 Å². The summed E-state index contributed by atoms with van der Waals surface area (Å²) in [5.41, 5.74) is 0.242. The summed E-state index contributed by atoms with van der Waals surface area (Å²) in [4.78, 5) is 16.0. The maximum absolute atomic E-state index is 13.4. The summed E-state index contributed by atoms with van der Waals surface area (Å²) in [6.07, 6.45) is -1.68. The molecule has 1 aromatic carbocycles. The van der Waals surface area contributed by atoms with E-state index in [0.717, 1.165) is 10.7 Å². The SMILES string of the molecule is COC(=O)c1cnn2c(C(F)F)cc(-c3ccc(Cl)c(Cl)c3)nc12. The number of alkyl halides is 2. The van der Waals surface area contributed by atoms with E-state index in [0.29, 0.717) is 10.6 Å². The lowest BCUT2D eigenvalue weighted by atomic mass is 10.1. The van der Waals surface area contributed by atoms with Gasteiger partial charge in [0, 0.05) is 5.56 Å². The molecule has 9 heteroatoms. The van der Waals surface area contributed by atoms with Crippen LogP contribution in [0.5, 0.6) is 0 Å². The second-order valence-corrected chi connectivity index (χ2v) is 5.60. The number of nitrogens with zero attached hydrogens (tertiary/aromatic N) is 3. The zero-order valence-electron chi connectivity index (χ0n) is 12.1. The second kappa shape index (κ2) is 6.33. The van der Waals surface area contributed by atoms with Crippen molar-refractivity contribution >= 4 is 34.8 Å². The van der Waals surface area contributed by atoms with Crippen LogP contribution in [0.3, 0.4) is 0 Å². The van der Waals surface area contributed by atoms with Gasteiger partial charge < -0.3 is 4.74 Å². The van der Waals surface area contributed by atoms with Crippen molar-refractivity contribution in [1.82, 2.24) is 14.6 Å². The minimum Gasteiger partial charge on any atom is -0.465 e. The Labute approximate surface area is 144 Å². The molecule has 0 saturated heterocycles. The first kappa shape index (κ1) is 16.6. The summed E-state index contributed by atoms with van der Waals surface area (Å²) < 4.78 is 32.3. The number of hydrogen-bond acceptors (Lipinski definition) is 4. The number of fused-ring (bicyclic) bond motifs is 1. The standard InChI is InChI=1S/C15H9Cl2F2N3O2/c1-24-15(23)8-6-20-22-12(13(18)19)5-11(21-14(8)22)7-2-3-9(16)10(17)4-7/h2-6,13H,1H3. The van der Waals surface area contributed by atoms with Gasteiger partial charge >= 0.3 is 5.97 Å². The fraction of sp³-hybridized carbons (Fsp3) is 0.133. The third-order valence-corrected chi connectivity index (χ3v) is 4.08. The lowest BCUT2D eigenvalue weighted by Crippen LogP contribution is -2.06. The van der Waals surface area contributed by atoms with Crippen LogP contribution < -0.4 is 0 Å². The molecule has 0 spiro atoms. The molecule has 24 heavy (non-hydrogen) atoms. The number of carbonyl (C=O) groups excluding carboxylic acids is 1. The summed E-state index contributed by atoms with van der Waals surface area (Å²) >= 11 is 11.8. The first-order chi connectivity index (χ1) is 11.4. The van der Waals surface area contributed by atoms with Crippen LogP contribution in [0.1, 0.15) is 22.5 Å². The molecule has 0 aliphatic rings. The smallest absolute Gasteiger partial charge is 0.343 e. The molecule has 2 aromatic heterocycles. The van der Waals surface area contributed by atoms with Gasteiger partial charge in [-0.3, -0.25) is 0 Å². The Bertz CT molecular complexity index is 944. The Morgan fingerprint density at radius 1 is 1.25 bits per heavy atom. The maximum atomic E-state index is 13.4. The second-order valence-electron chi connectivity index (χ2n) is 4.78. The molecule has 0 atom stereocenters. The van der Waals surface area contributed by atoms with Crippen molar-refractivity contribution in [2.24, 2.45) is 0 Å². The number of ether oxygens (including phenoxy) is 1. The monoisotopic (exact) mass is 371 g/mol. The van der Waals surface area contributed by atoms with Gasteiger partial charge in [-0.2, -0.15) is 5.10 Å². The van der Waals surface area contributed by atoms with Crippen LogP contribution in [-0.4, -0.2) is 27.7 Å². The lowest BCUT2D eigenvalue weighted by Gasteiger charge is -2.09. The van der Waals surface area contributed by atoms with Crippen LogP contribution in [0, 0.1) is 0 Å². The van der Waals surface area contributed by atoms with Gasteiger partial charge in [0.15, 0.2) is 5.65 Å². The highest BCUT2D eigenvalue weighted by Gasteiger charge is 2.22. The molecular formula is C15H9Cl2F2N3O2. The van der Waals surface area contributed by atoms with Crippen LogP contribution in [-0.2, 0) is 4.74 Å². The Kier molecular flexibility index (Phi) is 4.38. The Morgan fingerprint density at radius 3 is 2.62 bits per heavy atom. The van der Waals surface area contributed by atoms with Crippen molar-refractivity contribution in [2.75, 3.05) is 7.11 Å². The van der Waals surface area contributed by atoms with Crippen LogP contribution >= 0.6 is 23.2 Å². The molecule has 0 saturated carbocycles. The van der Waals surface area contributed by atoms with E-state index in [1.54, 1.807) is 6.07 Å². The molecule has 0 radical (unpaired) electrons. The van der Waals surface area contributed by atoms with Gasteiger partial charge in [-0.25, -0.2) is 23.1 Å². The normalized spacial score (nSPS) is 11.2. The highest BCUT2D eigenvalue weighted by atomic mass is 35.5. The van der Waals surface area contributed by atoms with Gasteiger partial charge in [0.1, 0.15) is 11.3 Å². The van der Waals surface area contributed by atoms with E-state index in [-0.39, 0.29) is 21.9 Å². The fourth-order valence-corrected chi connectivity index (χ4v) is 2.50. The van der Waals surface area contributed by atoms with E-state index in [2.05, 4.69) is 14.8 Å². The van der Waals surface area contributed by atoms with E-state index in [1.807, 2.05) is 0 Å². The number of halogens is 4. The topological polar surface area (TPSA) is 56.5 Å². The maximum Gasteiger partial charge on any atom is 0.343 e. The van der Waals surface area contributed by atoms with Gasteiger partial charge in [-0.15, -0.1) is 0 Å². The molecule has 0 unspecified atom stereocenters. The number of benzene rings is 1. The third-order valence-electron chi connectivity index (χ3n) is 3.34. The van der Waals surface area contributed by atoms with Crippen LogP contribution in [0.25, 0.3) is 16.9 Å². The zero-order chi connectivity index (χ0) is 17.4. The Morgan fingerprint density at radius 2 is 2.00 bits per heavy atom. The number of aromatic nitrogens is 3. The first-order valence-electron chi connectivity index (χ1n) is 6.63. The predicted octanol–water partition coefficient (Wildman–Crippen LogP) is 4.43. The summed E-state index contributed by atoms with van der Waals surface area (Å²) in [5, 5.41) is 4.39. The van der Waals surface area contributed by atoms with Crippen LogP contribution in [0.2, 0.25) is 10.0 Å². The molecular weight excluding hydrogens is 363 g/mol. The number of hydrogen-bond donors (Lipinski definition) is 0. The first-order valence-corrected chi connectivity index (χ1v) is 7.38. The van der Waals surface area contributed by atoms with Crippen LogP contribution in [0.4, 0.5) is 8.78 Å². The average molecular weight is 372 g/mol. The molecule has 0 aliphatic heterocycles. The van der Waals surface area contributed by atoms with E-state index in [9.17, 15) is 13.6 Å². The van der Waals surface area contributed by atoms with Crippen molar-refractivity contribution in [3.05, 3.63) is 51.8 Å². The quantitative estimate of drug-likeness (QED) is 0.639. The lowest BCUT2D eigenvalue weighted by molar-refractivity contribution is 0.0602. The Hall–Kier alpha value is -2.25. The molecule has 0 N–H and O–H groups in total. The van der Waals surface area contributed by atoms with Gasteiger partial charge in [-0.1, -0.05) is 29.3 Å². The molecule has 0 aliphatic carbocycles. The summed E-state index contributed by atoms with van der Waals surface area (Å²) in [6, 6.07) is 5.82. The van der Waals surface area contributed by atoms with E-state index in [4.69, 9.17) is 23.2 Å². The molecule has 124 valence electrons. The molecule has 0 fully saturated rings. The van der Waals surface area contributed by atoms with Crippen molar-refractivity contribution in [3.63, 3.8) is 0 Å². The summed E-state index contributed by atoms with van der Waals surface area (Å²) in [7, 11) is 1.18. The minimum absolute atomic E-state index is 0.0127. The zero-order valence-corrected chi connectivity index (χ0v) is 13.6. The van der Waals surface area contributed by atoms with Crippen LogP contribution in [0.15, 0.2) is 30.5 Å². The molecule has 0 amide bonds. The summed E-state index contributed by atoms with van der Waals surface area (Å²) in [6.45, 7) is 0. The van der Waals surface area contributed by atoms with Crippen molar-refractivity contribution in [3.8, 4) is 11.3 Å². The largest absolute Gasteiger partial charge is 0.465 e. The number of carbonyl (C=O) groups is 1. The van der Waals surface area contributed by atoms with Gasteiger partial charge in [0.2, 0.25) is 0 Å². The average Bonchev–Trinajstić information content (AvgIpc) is 2.99. The highest BCUT2D eigenvalue weighted by Crippen LogP contribution is 2.30. The number of esters is 1. The molecule has 2 heterocycles. The van der Waals surface area contributed by atoms with E-state index in [1.165, 1.54) is 25.3 Å². The highest BCUT2D eigenvalue weighted by molar-refractivity contribution is 6.42. The molecule has 5 nitrogen and oxygen atoms in total.